The number of anilines is 1. The minimum absolute atomic E-state index is 0.185. The molecule has 0 spiro atoms. The number of pyridine rings is 1. The molecule has 8 heteroatoms. The Hall–Kier alpha value is -3.13. The molecule has 1 amide bonds. The Labute approximate surface area is 158 Å². The minimum Gasteiger partial charge on any atom is -0.335 e. The van der Waals surface area contributed by atoms with Crippen LogP contribution in [0, 0.1) is 26.6 Å². The van der Waals surface area contributed by atoms with E-state index in [0.29, 0.717) is 27.5 Å². The van der Waals surface area contributed by atoms with Crippen LogP contribution >= 0.6 is 11.3 Å². The number of nitrogens with one attached hydrogen (secondary N) is 1. The molecule has 1 aromatic carbocycles. The lowest BCUT2D eigenvalue weighted by Gasteiger charge is -2.07. The van der Waals surface area contributed by atoms with E-state index in [4.69, 9.17) is 4.52 Å². The van der Waals surface area contributed by atoms with Gasteiger partial charge in [-0.1, -0.05) is 17.3 Å². The van der Waals surface area contributed by atoms with Crippen LogP contribution in [0.3, 0.4) is 0 Å². The van der Waals surface area contributed by atoms with Crippen LogP contribution in [0.15, 0.2) is 34.9 Å². The number of halogens is 1. The molecule has 0 aliphatic heterocycles. The minimum atomic E-state index is -0.432. The van der Waals surface area contributed by atoms with Gasteiger partial charge in [0.2, 0.25) is 0 Å². The highest BCUT2D eigenvalue weighted by Gasteiger charge is 2.21. The number of aryl methyl sites for hydroxylation is 3. The highest BCUT2D eigenvalue weighted by molar-refractivity contribution is 7.15. The second-order valence-electron chi connectivity index (χ2n) is 6.10. The number of rotatable bonds is 3. The van der Waals surface area contributed by atoms with Crippen molar-refractivity contribution in [3.05, 3.63) is 58.0 Å². The summed E-state index contributed by atoms with van der Waals surface area (Å²) in [5.41, 5.74) is 2.47. The van der Waals surface area contributed by atoms with E-state index < -0.39 is 5.82 Å². The molecular weight excluding hydrogens is 367 g/mol. The van der Waals surface area contributed by atoms with Gasteiger partial charge < -0.3 is 4.52 Å². The summed E-state index contributed by atoms with van der Waals surface area (Å²) in [7, 11) is 0. The molecule has 0 unspecified atom stereocenters. The molecule has 0 saturated heterocycles. The monoisotopic (exact) mass is 382 g/mol. The summed E-state index contributed by atoms with van der Waals surface area (Å²) in [5, 5.41) is 7.70. The third-order valence-corrected chi connectivity index (χ3v) is 5.25. The van der Waals surface area contributed by atoms with Crippen molar-refractivity contribution < 1.29 is 13.7 Å². The summed E-state index contributed by atoms with van der Waals surface area (Å²) < 4.78 is 19.5. The first-order valence-corrected chi connectivity index (χ1v) is 9.03. The summed E-state index contributed by atoms with van der Waals surface area (Å²) in [6, 6.07) is 7.79. The first-order chi connectivity index (χ1) is 12.9. The molecule has 0 bridgehead atoms. The van der Waals surface area contributed by atoms with Crippen LogP contribution < -0.4 is 5.32 Å². The molecule has 0 atom stereocenters. The molecule has 0 aliphatic rings. The molecule has 4 aromatic rings. The number of carbonyl (C=O) groups is 1. The predicted molar refractivity (Wildman–Crippen MR) is 101 cm³/mol. The number of hydrogen-bond donors (Lipinski definition) is 1. The zero-order chi connectivity index (χ0) is 19.1. The van der Waals surface area contributed by atoms with Crippen molar-refractivity contribution in [1.29, 1.82) is 0 Å². The van der Waals surface area contributed by atoms with Gasteiger partial charge in [0.15, 0.2) is 5.13 Å². The fourth-order valence-corrected chi connectivity index (χ4v) is 3.58. The van der Waals surface area contributed by atoms with Crippen molar-refractivity contribution in [2.75, 3.05) is 5.32 Å². The Balaban J connectivity index is 1.84. The summed E-state index contributed by atoms with van der Waals surface area (Å²) in [5.74, 6) is -0.807. The lowest BCUT2D eigenvalue weighted by molar-refractivity contribution is 0.102. The van der Waals surface area contributed by atoms with Gasteiger partial charge in [-0.2, -0.15) is 0 Å². The van der Waals surface area contributed by atoms with Gasteiger partial charge in [0.05, 0.1) is 28.0 Å². The van der Waals surface area contributed by atoms with Crippen molar-refractivity contribution in [3.8, 4) is 11.3 Å². The third-order valence-electron chi connectivity index (χ3n) is 4.26. The lowest BCUT2D eigenvalue weighted by atomic mass is 10.0. The third kappa shape index (κ3) is 3.08. The van der Waals surface area contributed by atoms with Gasteiger partial charge in [-0.25, -0.2) is 14.4 Å². The average Bonchev–Trinajstić information content (AvgIpc) is 3.16. The van der Waals surface area contributed by atoms with Gasteiger partial charge >= 0.3 is 0 Å². The molecule has 3 heterocycles. The van der Waals surface area contributed by atoms with E-state index in [0.717, 1.165) is 10.6 Å². The Bertz CT molecular complexity index is 1160. The number of amides is 1. The Kier molecular flexibility index (Phi) is 4.19. The number of benzene rings is 1. The SMILES string of the molecule is Cc1nc(NC(=O)c2cc(-c3ccccc3F)nc3onc(C)c23)sc1C. The first-order valence-electron chi connectivity index (χ1n) is 8.21. The second kappa shape index (κ2) is 6.55. The van der Waals surface area contributed by atoms with Crippen molar-refractivity contribution in [3.63, 3.8) is 0 Å². The van der Waals surface area contributed by atoms with E-state index in [1.807, 2.05) is 13.8 Å². The fraction of sp³-hybridized carbons (Fsp3) is 0.158. The predicted octanol–water partition coefficient (Wildman–Crippen LogP) is 4.66. The van der Waals surface area contributed by atoms with Gasteiger partial charge in [-0.15, -0.1) is 11.3 Å². The van der Waals surface area contributed by atoms with Crippen molar-refractivity contribution >= 4 is 33.5 Å². The number of thiazole rings is 1. The number of aromatic nitrogens is 3. The Morgan fingerprint density at radius 2 is 1.93 bits per heavy atom. The van der Waals surface area contributed by atoms with E-state index in [9.17, 15) is 9.18 Å². The number of carbonyl (C=O) groups excluding carboxylic acids is 1. The lowest BCUT2D eigenvalue weighted by Crippen LogP contribution is -2.13. The second-order valence-corrected chi connectivity index (χ2v) is 7.30. The van der Waals surface area contributed by atoms with E-state index in [-0.39, 0.29) is 17.2 Å². The van der Waals surface area contributed by atoms with Gasteiger partial charge in [0.1, 0.15) is 5.82 Å². The van der Waals surface area contributed by atoms with Crippen molar-refractivity contribution in [2.24, 2.45) is 0 Å². The maximum Gasteiger partial charge on any atom is 0.259 e. The van der Waals surface area contributed by atoms with Gasteiger partial charge in [0, 0.05) is 10.4 Å². The van der Waals surface area contributed by atoms with Crippen LogP contribution in [0.25, 0.3) is 22.4 Å². The largest absolute Gasteiger partial charge is 0.335 e. The van der Waals surface area contributed by atoms with E-state index in [1.54, 1.807) is 31.2 Å². The zero-order valence-corrected chi connectivity index (χ0v) is 15.6. The van der Waals surface area contributed by atoms with Crippen LogP contribution in [-0.4, -0.2) is 21.0 Å². The van der Waals surface area contributed by atoms with Crippen LogP contribution in [0.1, 0.15) is 26.6 Å². The van der Waals surface area contributed by atoms with Crippen LogP contribution in [0.5, 0.6) is 0 Å². The molecule has 1 N–H and O–H groups in total. The van der Waals surface area contributed by atoms with Crippen molar-refractivity contribution in [1.82, 2.24) is 15.1 Å². The quantitative estimate of drug-likeness (QED) is 0.557. The number of fused-ring (bicyclic) bond motifs is 1. The molecule has 136 valence electrons. The van der Waals surface area contributed by atoms with E-state index in [2.05, 4.69) is 20.4 Å². The van der Waals surface area contributed by atoms with Gasteiger partial charge in [-0.3, -0.25) is 10.1 Å². The summed E-state index contributed by atoms with van der Waals surface area (Å²) in [6.45, 7) is 5.55. The van der Waals surface area contributed by atoms with Gasteiger partial charge in [0.25, 0.3) is 11.6 Å². The molecular formula is C19H15FN4O2S. The van der Waals surface area contributed by atoms with Gasteiger partial charge in [-0.05, 0) is 39.0 Å². The van der Waals surface area contributed by atoms with Crippen LogP contribution in [0.4, 0.5) is 9.52 Å². The molecule has 6 nitrogen and oxygen atoms in total. The molecule has 4 rings (SSSR count). The highest BCUT2D eigenvalue weighted by atomic mass is 32.1. The zero-order valence-electron chi connectivity index (χ0n) is 14.8. The van der Waals surface area contributed by atoms with Crippen molar-refractivity contribution in [2.45, 2.75) is 20.8 Å². The van der Waals surface area contributed by atoms with Crippen LogP contribution in [0.2, 0.25) is 0 Å². The maximum absolute atomic E-state index is 14.2. The normalized spacial score (nSPS) is 11.1. The molecule has 0 saturated carbocycles. The first kappa shape index (κ1) is 17.3. The standard InChI is InChI=1S/C19H15FN4O2S/c1-9-11(3)27-19(21-9)23-17(25)13-8-15(12-6-4-5-7-14(12)20)22-18-16(13)10(2)24-26-18/h4-8H,1-3H3,(H,21,23,25). The topological polar surface area (TPSA) is 80.9 Å². The summed E-state index contributed by atoms with van der Waals surface area (Å²) in [4.78, 5) is 22.6. The average molecular weight is 382 g/mol. The van der Waals surface area contributed by atoms with E-state index in [1.165, 1.54) is 17.4 Å². The smallest absolute Gasteiger partial charge is 0.259 e. The Morgan fingerprint density at radius 1 is 1.15 bits per heavy atom. The summed E-state index contributed by atoms with van der Waals surface area (Å²) in [6.07, 6.45) is 0. The number of hydrogen-bond acceptors (Lipinski definition) is 6. The molecule has 0 radical (unpaired) electrons. The Morgan fingerprint density at radius 3 is 2.63 bits per heavy atom. The molecule has 27 heavy (non-hydrogen) atoms. The van der Waals surface area contributed by atoms with Crippen LogP contribution in [-0.2, 0) is 0 Å². The maximum atomic E-state index is 14.2. The number of nitrogens with zero attached hydrogens (tertiary/aromatic N) is 3. The fourth-order valence-electron chi connectivity index (χ4n) is 2.77. The molecule has 3 aromatic heterocycles. The highest BCUT2D eigenvalue weighted by Crippen LogP contribution is 2.29. The van der Waals surface area contributed by atoms with E-state index >= 15 is 0 Å². The molecule has 0 fully saturated rings. The molecule has 0 aliphatic carbocycles. The summed E-state index contributed by atoms with van der Waals surface area (Å²) >= 11 is 1.39.